The number of hydrogen-bond acceptors (Lipinski definition) is 6. The number of carbonyl (C=O) groups excluding carboxylic acids is 1. The molecular weight excluding hydrogens is 264 g/mol. The Morgan fingerprint density at radius 3 is 3.00 bits per heavy atom. The van der Waals surface area contributed by atoms with E-state index in [1.54, 1.807) is 6.92 Å². The quantitative estimate of drug-likeness (QED) is 0.753. The molecule has 1 amide bonds. The first kappa shape index (κ1) is 14.4. The lowest BCUT2D eigenvalue weighted by molar-refractivity contribution is 0.0318. The van der Waals surface area contributed by atoms with E-state index in [9.17, 15) is 4.79 Å². The number of rotatable bonds is 6. The number of aryl methyl sites for hydroxylation is 1. The predicted molar refractivity (Wildman–Crippen MR) is 73.4 cm³/mol. The van der Waals surface area contributed by atoms with Gasteiger partial charge in [0.15, 0.2) is 0 Å². The zero-order valence-corrected chi connectivity index (χ0v) is 12.0. The molecule has 0 atom stereocenters. The largest absolute Gasteiger partial charge is 0.378 e. The highest BCUT2D eigenvalue weighted by molar-refractivity contribution is 7.07. The van der Waals surface area contributed by atoms with Gasteiger partial charge < -0.3 is 15.4 Å². The summed E-state index contributed by atoms with van der Waals surface area (Å²) in [4.78, 5) is 12.4. The van der Waals surface area contributed by atoms with Crippen molar-refractivity contribution in [2.24, 2.45) is 0 Å². The molecule has 1 aliphatic heterocycles. The molecule has 1 fully saturated rings. The van der Waals surface area contributed by atoms with Crippen molar-refractivity contribution in [1.82, 2.24) is 20.2 Å². The van der Waals surface area contributed by atoms with Gasteiger partial charge in [0.25, 0.3) is 5.91 Å². The predicted octanol–water partition coefficient (Wildman–Crippen LogP) is 0.735. The second kappa shape index (κ2) is 7.52. The second-order valence-corrected chi connectivity index (χ2v) is 5.37. The van der Waals surface area contributed by atoms with Crippen LogP contribution in [0.15, 0.2) is 0 Å². The number of ether oxygens (including phenoxy) is 1. The van der Waals surface area contributed by atoms with Crippen LogP contribution in [0.25, 0.3) is 0 Å². The van der Waals surface area contributed by atoms with Gasteiger partial charge in [-0.25, -0.2) is 0 Å². The molecule has 1 aromatic heterocycles. The van der Waals surface area contributed by atoms with Crippen LogP contribution in [0.4, 0.5) is 0 Å². The number of piperidine rings is 1. The topological polar surface area (TPSA) is 76.1 Å². The highest BCUT2D eigenvalue weighted by atomic mass is 32.1. The number of nitrogens with one attached hydrogen (secondary N) is 2. The summed E-state index contributed by atoms with van der Waals surface area (Å²) < 4.78 is 9.51. The van der Waals surface area contributed by atoms with Crippen LogP contribution < -0.4 is 10.6 Å². The summed E-state index contributed by atoms with van der Waals surface area (Å²) in [6.45, 7) is 5.20. The molecule has 106 valence electrons. The molecule has 2 heterocycles. The number of amides is 1. The van der Waals surface area contributed by atoms with Crippen LogP contribution >= 0.6 is 11.5 Å². The van der Waals surface area contributed by atoms with Gasteiger partial charge in [-0.3, -0.25) is 4.79 Å². The minimum absolute atomic E-state index is 0.0885. The normalized spacial score (nSPS) is 16.5. The van der Waals surface area contributed by atoms with Gasteiger partial charge in [0, 0.05) is 13.2 Å². The number of hydrogen-bond donors (Lipinski definition) is 2. The van der Waals surface area contributed by atoms with E-state index in [0.717, 1.165) is 43.9 Å². The Kier molecular flexibility index (Phi) is 5.68. The molecule has 1 aromatic rings. The maximum absolute atomic E-state index is 11.8. The van der Waals surface area contributed by atoms with Crippen molar-refractivity contribution in [3.63, 3.8) is 0 Å². The molecule has 0 radical (unpaired) electrons. The van der Waals surface area contributed by atoms with Crippen LogP contribution in [-0.4, -0.2) is 47.8 Å². The van der Waals surface area contributed by atoms with Crippen LogP contribution in [0.5, 0.6) is 0 Å². The molecular formula is C12H20N4O2S. The molecule has 0 saturated carbocycles. The third-order valence-corrected chi connectivity index (χ3v) is 3.93. The Morgan fingerprint density at radius 1 is 1.53 bits per heavy atom. The number of nitrogens with zero attached hydrogens (tertiary/aromatic N) is 2. The molecule has 6 nitrogen and oxygen atoms in total. The highest BCUT2D eigenvalue weighted by Gasteiger charge is 2.14. The molecule has 0 aromatic carbocycles. The van der Waals surface area contributed by atoms with E-state index in [4.69, 9.17) is 4.74 Å². The van der Waals surface area contributed by atoms with E-state index in [1.807, 2.05) is 0 Å². The first-order valence-electron chi connectivity index (χ1n) is 6.67. The lowest BCUT2D eigenvalue weighted by Gasteiger charge is -2.22. The number of aromatic nitrogens is 2. The maximum atomic E-state index is 11.8. The van der Waals surface area contributed by atoms with Gasteiger partial charge in [-0.2, -0.15) is 0 Å². The van der Waals surface area contributed by atoms with Gasteiger partial charge in [0.05, 0.1) is 11.8 Å². The fourth-order valence-corrected chi connectivity index (χ4v) is 2.58. The third-order valence-electron chi connectivity index (χ3n) is 3.10. The Labute approximate surface area is 117 Å². The summed E-state index contributed by atoms with van der Waals surface area (Å²) in [5.41, 5.74) is 0.688. The van der Waals surface area contributed by atoms with Crippen molar-refractivity contribution >= 4 is 17.4 Å². The molecule has 0 aliphatic carbocycles. The lowest BCUT2D eigenvalue weighted by atomic mass is 10.1. The van der Waals surface area contributed by atoms with Gasteiger partial charge in [-0.15, -0.1) is 5.10 Å². The molecule has 0 spiro atoms. The summed E-state index contributed by atoms with van der Waals surface area (Å²) in [7, 11) is 0. The van der Waals surface area contributed by atoms with Crippen LogP contribution in [-0.2, 0) is 4.74 Å². The fourth-order valence-electron chi connectivity index (χ4n) is 2.01. The minimum Gasteiger partial charge on any atom is -0.378 e. The molecule has 2 N–H and O–H groups in total. The van der Waals surface area contributed by atoms with Crippen molar-refractivity contribution in [1.29, 1.82) is 0 Å². The van der Waals surface area contributed by atoms with Crippen LogP contribution in [0.1, 0.15) is 34.6 Å². The zero-order valence-electron chi connectivity index (χ0n) is 11.1. The van der Waals surface area contributed by atoms with E-state index in [-0.39, 0.29) is 5.91 Å². The third kappa shape index (κ3) is 4.52. The van der Waals surface area contributed by atoms with E-state index in [1.165, 1.54) is 0 Å². The Hall–Kier alpha value is -1.05. The maximum Gasteiger partial charge on any atom is 0.264 e. The van der Waals surface area contributed by atoms with E-state index < -0.39 is 0 Å². The number of carbonyl (C=O) groups is 1. The van der Waals surface area contributed by atoms with Crippen LogP contribution in [0.3, 0.4) is 0 Å². The second-order valence-electron chi connectivity index (χ2n) is 4.62. The molecule has 2 rings (SSSR count). The molecule has 0 bridgehead atoms. The van der Waals surface area contributed by atoms with Gasteiger partial charge in [0.1, 0.15) is 4.88 Å². The van der Waals surface area contributed by atoms with Crippen molar-refractivity contribution in [2.75, 3.05) is 26.2 Å². The monoisotopic (exact) mass is 284 g/mol. The smallest absolute Gasteiger partial charge is 0.264 e. The van der Waals surface area contributed by atoms with E-state index >= 15 is 0 Å². The van der Waals surface area contributed by atoms with E-state index in [2.05, 4.69) is 20.2 Å². The molecule has 1 aliphatic rings. The van der Waals surface area contributed by atoms with Gasteiger partial charge in [-0.1, -0.05) is 4.49 Å². The van der Waals surface area contributed by atoms with Gasteiger partial charge in [-0.05, 0) is 50.8 Å². The first-order valence-corrected chi connectivity index (χ1v) is 7.44. The average Bonchev–Trinajstić information content (AvgIpc) is 2.86. The Bertz CT molecular complexity index is 404. The van der Waals surface area contributed by atoms with Gasteiger partial charge in [0.2, 0.25) is 0 Å². The average molecular weight is 284 g/mol. The summed E-state index contributed by atoms with van der Waals surface area (Å²) in [5.74, 6) is -0.0885. The lowest BCUT2D eigenvalue weighted by Crippen LogP contribution is -2.33. The van der Waals surface area contributed by atoms with Crippen molar-refractivity contribution in [3.8, 4) is 0 Å². The summed E-state index contributed by atoms with van der Waals surface area (Å²) in [6.07, 6.45) is 3.38. The minimum atomic E-state index is -0.0885. The molecule has 0 unspecified atom stereocenters. The molecule has 19 heavy (non-hydrogen) atoms. The van der Waals surface area contributed by atoms with Crippen LogP contribution in [0.2, 0.25) is 0 Å². The SMILES string of the molecule is Cc1nnsc1C(=O)NCCCOC1CCNCC1. The highest BCUT2D eigenvalue weighted by Crippen LogP contribution is 2.09. The Morgan fingerprint density at radius 2 is 2.32 bits per heavy atom. The summed E-state index contributed by atoms with van der Waals surface area (Å²) in [5, 5.41) is 9.99. The summed E-state index contributed by atoms with van der Waals surface area (Å²) in [6, 6.07) is 0. The van der Waals surface area contributed by atoms with E-state index in [0.29, 0.717) is 29.8 Å². The standard InChI is InChI=1S/C12H20N4O2S/c1-9-11(19-16-15-9)12(17)14-5-2-8-18-10-3-6-13-7-4-10/h10,13H,2-8H2,1H3,(H,14,17). The van der Waals surface area contributed by atoms with Crippen molar-refractivity contribution in [2.45, 2.75) is 32.3 Å². The van der Waals surface area contributed by atoms with Crippen molar-refractivity contribution in [3.05, 3.63) is 10.6 Å². The first-order chi connectivity index (χ1) is 9.27. The fraction of sp³-hybridized carbons (Fsp3) is 0.750. The molecule has 7 heteroatoms. The summed E-state index contributed by atoms with van der Waals surface area (Å²) >= 11 is 1.13. The zero-order chi connectivity index (χ0) is 13.5. The van der Waals surface area contributed by atoms with Crippen molar-refractivity contribution < 1.29 is 9.53 Å². The van der Waals surface area contributed by atoms with Gasteiger partial charge >= 0.3 is 0 Å². The Balaban J connectivity index is 1.56. The molecule has 1 saturated heterocycles. The van der Waals surface area contributed by atoms with Crippen LogP contribution in [0, 0.1) is 6.92 Å².